The molecule has 5 heteroatoms. The second-order valence-corrected chi connectivity index (χ2v) is 3.41. The fourth-order valence-corrected chi connectivity index (χ4v) is 1.71. The number of hydrogen-bond donors (Lipinski definition) is 1. The van der Waals surface area contributed by atoms with E-state index in [1.165, 1.54) is 31.2 Å². The summed E-state index contributed by atoms with van der Waals surface area (Å²) in [5, 5.41) is 0.504. The minimum absolute atomic E-state index is 0.134. The quantitative estimate of drug-likeness (QED) is 0.671. The molecule has 2 aromatic rings. The van der Waals surface area contributed by atoms with Gasteiger partial charge in [0, 0.05) is 16.8 Å². The van der Waals surface area contributed by atoms with Gasteiger partial charge in [-0.1, -0.05) is 0 Å². The summed E-state index contributed by atoms with van der Waals surface area (Å²) in [6.07, 6.45) is -4.39. The Hall–Kier alpha value is -1.65. The predicted octanol–water partition coefficient (Wildman–Crippen LogP) is 3.01. The third kappa shape index (κ3) is 1.54. The summed E-state index contributed by atoms with van der Waals surface area (Å²) < 4.78 is 38.3. The van der Waals surface area contributed by atoms with Crippen LogP contribution in [-0.2, 0) is 6.30 Å². The first kappa shape index (κ1) is 9.89. The first-order valence-corrected chi connectivity index (χ1v) is 4.34. The van der Waals surface area contributed by atoms with Crippen LogP contribution in [0.25, 0.3) is 10.9 Å². The molecule has 2 rings (SSSR count). The van der Waals surface area contributed by atoms with Gasteiger partial charge in [-0.05, 0) is 31.2 Å². The van der Waals surface area contributed by atoms with E-state index in [-0.39, 0.29) is 11.2 Å². The number of nitrogens with two attached hydrogens (primary N) is 1. The van der Waals surface area contributed by atoms with Crippen molar-refractivity contribution < 1.29 is 13.2 Å². The van der Waals surface area contributed by atoms with Crippen LogP contribution in [0.4, 0.5) is 18.9 Å². The van der Waals surface area contributed by atoms with Crippen LogP contribution < -0.4 is 5.73 Å². The van der Waals surface area contributed by atoms with E-state index in [0.29, 0.717) is 15.6 Å². The molecule has 0 spiro atoms. The Balaban J connectivity index is 2.80. The number of aromatic nitrogens is 1. The summed E-state index contributed by atoms with van der Waals surface area (Å²) in [6, 6.07) is 5.85. The van der Waals surface area contributed by atoms with Crippen LogP contribution in [0, 0.1) is 6.92 Å². The first-order valence-electron chi connectivity index (χ1n) is 4.34. The highest BCUT2D eigenvalue weighted by atomic mass is 19.4. The van der Waals surface area contributed by atoms with Crippen LogP contribution in [-0.4, -0.2) is 4.57 Å². The number of alkyl halides is 3. The maximum absolute atomic E-state index is 12.6. The molecular formula is C10H9F3N2. The molecule has 0 saturated carbocycles. The van der Waals surface area contributed by atoms with Gasteiger partial charge in [0.2, 0.25) is 0 Å². The number of anilines is 1. The number of fused-ring (bicyclic) bond motifs is 1. The smallest absolute Gasteiger partial charge is 0.399 e. The van der Waals surface area contributed by atoms with Crippen LogP contribution in [0.1, 0.15) is 5.69 Å². The van der Waals surface area contributed by atoms with E-state index in [1.54, 1.807) is 0 Å². The topological polar surface area (TPSA) is 30.9 Å². The Labute approximate surface area is 84.1 Å². The molecule has 0 atom stereocenters. The van der Waals surface area contributed by atoms with Crippen LogP contribution in [0.3, 0.4) is 0 Å². The molecule has 0 radical (unpaired) electrons. The lowest BCUT2D eigenvalue weighted by Gasteiger charge is -2.11. The van der Waals surface area contributed by atoms with Crippen molar-refractivity contribution >= 4 is 16.6 Å². The van der Waals surface area contributed by atoms with Gasteiger partial charge in [-0.2, -0.15) is 0 Å². The van der Waals surface area contributed by atoms with Crippen molar-refractivity contribution in [3.8, 4) is 0 Å². The lowest BCUT2D eigenvalue weighted by Crippen LogP contribution is -2.17. The van der Waals surface area contributed by atoms with Crippen LogP contribution in [0.15, 0.2) is 24.3 Å². The standard InChI is InChI=1S/C10H9F3N2/c1-6-4-7-5-8(14)2-3-9(7)15(6)10(11,12)13/h2-5H,14H2,1H3. The molecule has 0 saturated heterocycles. The summed E-state index contributed by atoms with van der Waals surface area (Å²) in [5.41, 5.74) is 6.25. The third-order valence-electron chi connectivity index (χ3n) is 2.26. The SMILES string of the molecule is Cc1cc2cc(N)ccc2n1C(F)(F)F. The van der Waals surface area contributed by atoms with Gasteiger partial charge in [0.05, 0.1) is 5.52 Å². The first-order chi connectivity index (χ1) is 6.89. The van der Waals surface area contributed by atoms with Crippen LogP contribution in [0.5, 0.6) is 0 Å². The van der Waals surface area contributed by atoms with E-state index in [1.807, 2.05) is 0 Å². The van der Waals surface area contributed by atoms with Crippen LogP contribution >= 0.6 is 0 Å². The summed E-state index contributed by atoms with van der Waals surface area (Å²) in [6.45, 7) is 1.42. The van der Waals surface area contributed by atoms with Gasteiger partial charge in [-0.25, -0.2) is 0 Å². The van der Waals surface area contributed by atoms with Gasteiger partial charge in [-0.15, -0.1) is 13.2 Å². The van der Waals surface area contributed by atoms with Crippen molar-refractivity contribution in [1.29, 1.82) is 0 Å². The average Bonchev–Trinajstić information content (AvgIpc) is 2.38. The van der Waals surface area contributed by atoms with E-state index < -0.39 is 6.30 Å². The normalized spacial score (nSPS) is 12.3. The maximum atomic E-state index is 12.6. The maximum Gasteiger partial charge on any atom is 0.489 e. The summed E-state index contributed by atoms with van der Waals surface area (Å²) >= 11 is 0. The monoisotopic (exact) mass is 214 g/mol. The molecule has 0 aliphatic rings. The van der Waals surface area contributed by atoms with Crippen LogP contribution in [0.2, 0.25) is 0 Å². The van der Waals surface area contributed by atoms with Gasteiger partial charge in [-0.3, -0.25) is 4.57 Å². The molecule has 2 nitrogen and oxygen atoms in total. The molecule has 0 amide bonds. The summed E-state index contributed by atoms with van der Waals surface area (Å²) in [5.74, 6) is 0. The molecule has 80 valence electrons. The van der Waals surface area contributed by atoms with E-state index in [0.717, 1.165) is 0 Å². The molecule has 1 aromatic heterocycles. The molecule has 1 aromatic carbocycles. The Bertz CT molecular complexity index is 511. The van der Waals surface area contributed by atoms with E-state index >= 15 is 0 Å². The van der Waals surface area contributed by atoms with Gasteiger partial charge in [0.25, 0.3) is 0 Å². The number of hydrogen-bond acceptors (Lipinski definition) is 1. The second kappa shape index (κ2) is 2.92. The summed E-state index contributed by atoms with van der Waals surface area (Å²) in [7, 11) is 0. The van der Waals surface area contributed by atoms with Crippen molar-refractivity contribution in [2.45, 2.75) is 13.2 Å². The number of aryl methyl sites for hydroxylation is 1. The zero-order chi connectivity index (χ0) is 11.2. The Morgan fingerprint density at radius 2 is 1.87 bits per heavy atom. The minimum atomic E-state index is -4.39. The number of rotatable bonds is 0. The fraction of sp³-hybridized carbons (Fsp3) is 0.200. The molecule has 2 N–H and O–H groups in total. The highest BCUT2D eigenvalue weighted by Crippen LogP contribution is 2.31. The highest BCUT2D eigenvalue weighted by molar-refractivity contribution is 5.84. The van der Waals surface area contributed by atoms with Gasteiger partial charge < -0.3 is 5.73 Å². The Morgan fingerprint density at radius 3 is 2.47 bits per heavy atom. The number of nitrogen functional groups attached to an aromatic ring is 1. The minimum Gasteiger partial charge on any atom is -0.399 e. The average molecular weight is 214 g/mol. The van der Waals surface area contributed by atoms with E-state index in [2.05, 4.69) is 0 Å². The Kier molecular flexibility index (Phi) is 1.92. The van der Waals surface area contributed by atoms with Crippen molar-refractivity contribution in [2.75, 3.05) is 5.73 Å². The van der Waals surface area contributed by atoms with E-state index in [4.69, 9.17) is 5.73 Å². The zero-order valence-corrected chi connectivity index (χ0v) is 7.97. The molecular weight excluding hydrogens is 205 g/mol. The largest absolute Gasteiger partial charge is 0.489 e. The number of benzene rings is 1. The lowest BCUT2D eigenvalue weighted by molar-refractivity contribution is -0.201. The Morgan fingerprint density at radius 1 is 1.20 bits per heavy atom. The predicted molar refractivity (Wildman–Crippen MR) is 52.4 cm³/mol. The fourth-order valence-electron chi connectivity index (χ4n) is 1.71. The van der Waals surface area contributed by atoms with Gasteiger partial charge in [0.1, 0.15) is 0 Å². The molecule has 0 aliphatic carbocycles. The molecule has 0 unspecified atom stereocenters. The zero-order valence-electron chi connectivity index (χ0n) is 7.97. The third-order valence-corrected chi connectivity index (χ3v) is 2.26. The molecule has 0 bridgehead atoms. The molecule has 0 aliphatic heterocycles. The molecule has 1 heterocycles. The van der Waals surface area contributed by atoms with Crippen molar-refractivity contribution in [3.63, 3.8) is 0 Å². The lowest BCUT2D eigenvalue weighted by atomic mass is 10.2. The van der Waals surface area contributed by atoms with Gasteiger partial charge >= 0.3 is 6.30 Å². The van der Waals surface area contributed by atoms with Crippen molar-refractivity contribution in [1.82, 2.24) is 4.57 Å². The van der Waals surface area contributed by atoms with Crippen molar-refractivity contribution in [3.05, 3.63) is 30.0 Å². The van der Waals surface area contributed by atoms with Crippen molar-refractivity contribution in [2.24, 2.45) is 0 Å². The molecule has 15 heavy (non-hydrogen) atoms. The molecule has 0 fully saturated rings. The van der Waals surface area contributed by atoms with E-state index in [9.17, 15) is 13.2 Å². The number of nitrogens with zero attached hydrogens (tertiary/aromatic N) is 1. The summed E-state index contributed by atoms with van der Waals surface area (Å²) in [4.78, 5) is 0. The number of halogens is 3. The van der Waals surface area contributed by atoms with Gasteiger partial charge in [0.15, 0.2) is 0 Å². The highest BCUT2D eigenvalue weighted by Gasteiger charge is 2.33. The second-order valence-electron chi connectivity index (χ2n) is 3.41.